The van der Waals surface area contributed by atoms with Crippen LogP contribution < -0.4 is 5.32 Å². The lowest BCUT2D eigenvalue weighted by molar-refractivity contribution is -0.121. The van der Waals surface area contributed by atoms with Gasteiger partial charge in [0.2, 0.25) is 0 Å². The molecule has 0 spiro atoms. The quantitative estimate of drug-likeness (QED) is 0.762. The van der Waals surface area contributed by atoms with Crippen molar-refractivity contribution in [3.05, 3.63) is 64.9 Å². The predicted octanol–water partition coefficient (Wildman–Crippen LogP) is 2.20. The van der Waals surface area contributed by atoms with E-state index < -0.39 is 6.04 Å². The van der Waals surface area contributed by atoms with E-state index in [-0.39, 0.29) is 11.8 Å². The van der Waals surface area contributed by atoms with Gasteiger partial charge in [-0.1, -0.05) is 18.2 Å². The van der Waals surface area contributed by atoms with Crippen molar-refractivity contribution < 1.29 is 9.59 Å². The summed E-state index contributed by atoms with van der Waals surface area (Å²) in [5.41, 5.74) is 2.10. The van der Waals surface area contributed by atoms with Gasteiger partial charge in [0.05, 0.1) is 5.69 Å². The van der Waals surface area contributed by atoms with Crippen molar-refractivity contribution in [2.24, 2.45) is 0 Å². The highest BCUT2D eigenvalue weighted by atomic mass is 32.1. The predicted molar refractivity (Wildman–Crippen MR) is 88.4 cm³/mol. The molecule has 3 aromatic rings. The van der Waals surface area contributed by atoms with E-state index in [1.54, 1.807) is 34.8 Å². The Morgan fingerprint density at radius 3 is 2.88 bits per heavy atom. The third-order valence-electron chi connectivity index (χ3n) is 3.89. The van der Waals surface area contributed by atoms with Crippen LogP contribution >= 0.6 is 11.3 Å². The number of amides is 2. The summed E-state index contributed by atoms with van der Waals surface area (Å²) in [7, 11) is 0. The molecule has 2 amide bonds. The average molecular weight is 339 g/mol. The van der Waals surface area contributed by atoms with Gasteiger partial charge in [0.15, 0.2) is 11.2 Å². The van der Waals surface area contributed by atoms with E-state index >= 15 is 0 Å². The third-order valence-corrected chi connectivity index (χ3v) is 4.58. The number of rotatable bonds is 4. The van der Waals surface area contributed by atoms with Crippen molar-refractivity contribution >= 4 is 28.3 Å². The van der Waals surface area contributed by atoms with Crippen LogP contribution in [0.3, 0.4) is 0 Å². The van der Waals surface area contributed by atoms with Crippen molar-refractivity contribution in [1.29, 1.82) is 0 Å². The molecule has 0 saturated heterocycles. The molecule has 3 heterocycles. The smallest absolute Gasteiger partial charge is 0.255 e. The summed E-state index contributed by atoms with van der Waals surface area (Å²) in [6.45, 7) is 0.379. The molecule has 2 N–H and O–H groups in total. The van der Waals surface area contributed by atoms with Crippen LogP contribution in [0.5, 0.6) is 0 Å². The standard InChI is InChI=1S/C16H13N5O2S/c22-14(19-16-17-7-8-24-16)13(12-5-6-18-20-12)21-9-10-3-1-2-4-11(10)15(21)23/h1-8,13H,9H2,(H,18,20)(H,17,19,22). The molecule has 8 heteroatoms. The summed E-state index contributed by atoms with van der Waals surface area (Å²) in [6, 6.07) is 8.28. The van der Waals surface area contributed by atoms with E-state index in [9.17, 15) is 9.59 Å². The van der Waals surface area contributed by atoms with Crippen molar-refractivity contribution in [2.75, 3.05) is 5.32 Å². The van der Waals surface area contributed by atoms with Gasteiger partial charge in [-0.15, -0.1) is 11.3 Å². The molecule has 7 nitrogen and oxygen atoms in total. The number of anilines is 1. The molecular weight excluding hydrogens is 326 g/mol. The Labute approximate surface area is 141 Å². The average Bonchev–Trinajstić information content (AvgIpc) is 3.32. The molecule has 4 rings (SSSR count). The first-order chi connectivity index (χ1) is 11.7. The number of carbonyl (C=O) groups is 2. The van der Waals surface area contributed by atoms with Gasteiger partial charge >= 0.3 is 0 Å². The maximum atomic E-state index is 12.8. The van der Waals surface area contributed by atoms with E-state index in [2.05, 4.69) is 20.5 Å². The summed E-state index contributed by atoms with van der Waals surface area (Å²) in [4.78, 5) is 31.2. The topological polar surface area (TPSA) is 91.0 Å². The lowest BCUT2D eigenvalue weighted by atomic mass is 10.1. The summed E-state index contributed by atoms with van der Waals surface area (Å²) in [5.74, 6) is -0.491. The molecule has 24 heavy (non-hydrogen) atoms. The molecule has 1 aliphatic heterocycles. The third kappa shape index (κ3) is 2.46. The fourth-order valence-corrected chi connectivity index (χ4v) is 3.35. The van der Waals surface area contributed by atoms with E-state index in [4.69, 9.17) is 0 Å². The molecular formula is C16H13N5O2S. The molecule has 120 valence electrons. The highest BCUT2D eigenvalue weighted by Gasteiger charge is 2.38. The molecule has 2 aromatic heterocycles. The fourth-order valence-electron chi connectivity index (χ4n) is 2.81. The first kappa shape index (κ1) is 14.6. The molecule has 1 unspecified atom stereocenters. The van der Waals surface area contributed by atoms with Crippen molar-refractivity contribution in [1.82, 2.24) is 20.1 Å². The van der Waals surface area contributed by atoms with Crippen LogP contribution in [0.25, 0.3) is 0 Å². The van der Waals surface area contributed by atoms with Crippen LogP contribution in [0.2, 0.25) is 0 Å². The number of nitrogens with zero attached hydrogens (tertiary/aromatic N) is 3. The van der Waals surface area contributed by atoms with Crippen LogP contribution in [0, 0.1) is 0 Å². The van der Waals surface area contributed by atoms with Crippen molar-refractivity contribution in [3.63, 3.8) is 0 Å². The highest BCUT2D eigenvalue weighted by molar-refractivity contribution is 7.13. The van der Waals surface area contributed by atoms with E-state index in [0.29, 0.717) is 22.9 Å². The number of aromatic nitrogens is 3. The lowest BCUT2D eigenvalue weighted by Crippen LogP contribution is -2.37. The van der Waals surface area contributed by atoms with Gasteiger partial charge in [0, 0.05) is 29.9 Å². The molecule has 0 radical (unpaired) electrons. The molecule has 1 aromatic carbocycles. The number of nitrogens with one attached hydrogen (secondary N) is 2. The van der Waals surface area contributed by atoms with Crippen LogP contribution in [0.15, 0.2) is 48.1 Å². The Hall–Kier alpha value is -3.00. The SMILES string of the molecule is O=C(Nc1nccs1)C(c1ccn[nH]1)N1Cc2ccccc2C1=O. The highest BCUT2D eigenvalue weighted by Crippen LogP contribution is 2.31. The van der Waals surface area contributed by atoms with Crippen LogP contribution in [-0.4, -0.2) is 31.9 Å². The Morgan fingerprint density at radius 1 is 1.29 bits per heavy atom. The van der Waals surface area contributed by atoms with Gasteiger partial charge < -0.3 is 4.90 Å². The Bertz CT molecular complexity index is 876. The normalized spacial score (nSPS) is 14.5. The number of fused-ring (bicyclic) bond motifs is 1. The zero-order valence-corrected chi connectivity index (χ0v) is 13.3. The minimum atomic E-state index is -0.795. The lowest BCUT2D eigenvalue weighted by Gasteiger charge is -2.25. The van der Waals surface area contributed by atoms with Gasteiger partial charge in [-0.3, -0.25) is 20.0 Å². The number of carbonyl (C=O) groups excluding carboxylic acids is 2. The monoisotopic (exact) mass is 339 g/mol. The second-order valence-corrected chi connectivity index (χ2v) is 6.23. The summed E-state index contributed by atoms with van der Waals surface area (Å²) in [5, 5.41) is 11.7. The zero-order chi connectivity index (χ0) is 16.5. The first-order valence-corrected chi connectivity index (χ1v) is 8.20. The summed E-state index contributed by atoms with van der Waals surface area (Å²) in [6.07, 6.45) is 3.18. The maximum absolute atomic E-state index is 12.8. The molecule has 0 fully saturated rings. The van der Waals surface area contributed by atoms with Gasteiger partial charge in [0.1, 0.15) is 0 Å². The fraction of sp³-hybridized carbons (Fsp3) is 0.125. The largest absolute Gasteiger partial charge is 0.317 e. The number of thiazole rings is 1. The van der Waals surface area contributed by atoms with Crippen LogP contribution in [0.1, 0.15) is 27.7 Å². The molecule has 0 saturated carbocycles. The van der Waals surface area contributed by atoms with E-state index in [1.807, 2.05) is 18.2 Å². The Balaban J connectivity index is 1.67. The van der Waals surface area contributed by atoms with Crippen molar-refractivity contribution in [2.45, 2.75) is 12.6 Å². The molecule has 1 aliphatic rings. The van der Waals surface area contributed by atoms with Gasteiger partial charge in [-0.2, -0.15) is 5.10 Å². The van der Waals surface area contributed by atoms with E-state index in [1.165, 1.54) is 11.3 Å². The van der Waals surface area contributed by atoms with Gasteiger partial charge in [-0.05, 0) is 17.7 Å². The van der Waals surface area contributed by atoms with E-state index in [0.717, 1.165) is 5.56 Å². The Kier molecular flexibility index (Phi) is 3.58. The van der Waals surface area contributed by atoms with Gasteiger partial charge in [-0.25, -0.2) is 4.98 Å². The summed E-state index contributed by atoms with van der Waals surface area (Å²) < 4.78 is 0. The second-order valence-electron chi connectivity index (χ2n) is 5.33. The number of hydrogen-bond acceptors (Lipinski definition) is 5. The molecule has 0 aliphatic carbocycles. The molecule has 1 atom stereocenters. The minimum absolute atomic E-state index is 0.167. The molecule has 0 bridgehead atoms. The summed E-state index contributed by atoms with van der Waals surface area (Å²) >= 11 is 1.32. The second kappa shape index (κ2) is 5.89. The number of aromatic amines is 1. The van der Waals surface area contributed by atoms with Crippen molar-refractivity contribution in [3.8, 4) is 0 Å². The maximum Gasteiger partial charge on any atom is 0.255 e. The number of H-pyrrole nitrogens is 1. The Morgan fingerprint density at radius 2 is 2.17 bits per heavy atom. The first-order valence-electron chi connectivity index (χ1n) is 7.32. The number of benzene rings is 1. The van der Waals surface area contributed by atoms with Crippen LogP contribution in [0.4, 0.5) is 5.13 Å². The zero-order valence-electron chi connectivity index (χ0n) is 12.5. The number of hydrogen-bond donors (Lipinski definition) is 2. The van der Waals surface area contributed by atoms with Crippen LogP contribution in [-0.2, 0) is 11.3 Å². The minimum Gasteiger partial charge on any atom is -0.317 e. The van der Waals surface area contributed by atoms with Gasteiger partial charge in [0.25, 0.3) is 11.8 Å².